The van der Waals surface area contributed by atoms with Gasteiger partial charge in [-0.3, -0.25) is 0 Å². The lowest BCUT2D eigenvalue weighted by Gasteiger charge is -2.04. The number of primary sulfonamides is 1. The average molecular weight is 236 g/mol. The van der Waals surface area contributed by atoms with E-state index in [0.29, 0.717) is 16.3 Å². The van der Waals surface area contributed by atoms with Crippen LogP contribution in [-0.2, 0) is 15.8 Å². The predicted octanol–water partition coefficient (Wildman–Crippen LogP) is 1.14. The van der Waals surface area contributed by atoms with Gasteiger partial charge in [-0.2, -0.15) is 0 Å². The number of ether oxygens (including phenoxy) is 1. The third-order valence-corrected chi connectivity index (χ3v) is 2.62. The van der Waals surface area contributed by atoms with Crippen LogP contribution in [0, 0.1) is 0 Å². The van der Waals surface area contributed by atoms with Crippen LogP contribution in [0.5, 0.6) is 5.75 Å². The normalized spacial score (nSPS) is 11.4. The highest BCUT2D eigenvalue weighted by Crippen LogP contribution is 2.25. The first-order valence-electron chi connectivity index (χ1n) is 3.75. The van der Waals surface area contributed by atoms with Gasteiger partial charge >= 0.3 is 0 Å². The predicted molar refractivity (Wildman–Crippen MR) is 54.8 cm³/mol. The summed E-state index contributed by atoms with van der Waals surface area (Å²) < 4.78 is 26.5. The molecule has 4 nitrogen and oxygen atoms in total. The van der Waals surface area contributed by atoms with E-state index in [1.54, 1.807) is 12.1 Å². The zero-order valence-electron chi connectivity index (χ0n) is 7.53. The maximum Gasteiger partial charge on any atom is 0.213 e. The summed E-state index contributed by atoms with van der Waals surface area (Å²) in [5.41, 5.74) is 0.540. The van der Waals surface area contributed by atoms with Crippen LogP contribution in [0.1, 0.15) is 5.56 Å². The largest absolute Gasteiger partial charge is 0.495 e. The molecule has 0 aliphatic heterocycles. The number of nitrogens with two attached hydrogens (primary N) is 1. The van der Waals surface area contributed by atoms with Crippen molar-refractivity contribution in [3.8, 4) is 5.75 Å². The molecule has 0 aliphatic carbocycles. The molecular weight excluding hydrogens is 226 g/mol. The summed E-state index contributed by atoms with van der Waals surface area (Å²) >= 11 is 5.80. The Labute approximate surface area is 87.7 Å². The number of hydrogen-bond donors (Lipinski definition) is 1. The van der Waals surface area contributed by atoms with Crippen LogP contribution in [0.2, 0.25) is 5.02 Å². The van der Waals surface area contributed by atoms with E-state index in [2.05, 4.69) is 0 Å². The van der Waals surface area contributed by atoms with Gasteiger partial charge in [-0.05, 0) is 17.7 Å². The van der Waals surface area contributed by atoms with E-state index >= 15 is 0 Å². The van der Waals surface area contributed by atoms with Crippen molar-refractivity contribution in [2.24, 2.45) is 5.14 Å². The smallest absolute Gasteiger partial charge is 0.213 e. The molecule has 0 aliphatic rings. The summed E-state index contributed by atoms with van der Waals surface area (Å²) in [5, 5.41) is 5.26. The Hall–Kier alpha value is -0.780. The van der Waals surface area contributed by atoms with E-state index in [0.717, 1.165) is 0 Å². The number of sulfonamides is 1. The van der Waals surface area contributed by atoms with E-state index in [9.17, 15) is 8.42 Å². The van der Waals surface area contributed by atoms with E-state index in [1.807, 2.05) is 0 Å². The van der Waals surface area contributed by atoms with Gasteiger partial charge in [-0.15, -0.1) is 0 Å². The topological polar surface area (TPSA) is 69.4 Å². The fourth-order valence-electron chi connectivity index (χ4n) is 1.03. The molecule has 1 rings (SSSR count). The van der Waals surface area contributed by atoms with Crippen molar-refractivity contribution in [3.63, 3.8) is 0 Å². The number of rotatable bonds is 3. The van der Waals surface area contributed by atoms with Gasteiger partial charge in [0.1, 0.15) is 5.75 Å². The summed E-state index contributed by atoms with van der Waals surface area (Å²) in [7, 11) is -2.03. The second-order valence-electron chi connectivity index (χ2n) is 2.78. The van der Waals surface area contributed by atoms with Crippen LogP contribution in [0.15, 0.2) is 18.2 Å². The molecule has 1 aromatic rings. The van der Waals surface area contributed by atoms with Gasteiger partial charge in [-0.25, -0.2) is 13.6 Å². The van der Waals surface area contributed by atoms with Gasteiger partial charge in [0.05, 0.1) is 17.9 Å². The Morgan fingerprint density at radius 3 is 2.57 bits per heavy atom. The monoisotopic (exact) mass is 235 g/mol. The highest BCUT2D eigenvalue weighted by atomic mass is 35.5. The SMILES string of the molecule is COc1ccc(CS(N)(=O)=O)cc1Cl. The zero-order valence-corrected chi connectivity index (χ0v) is 9.10. The highest BCUT2D eigenvalue weighted by Gasteiger charge is 2.07. The third-order valence-electron chi connectivity index (χ3n) is 1.58. The molecule has 0 bridgehead atoms. The molecule has 0 amide bonds. The molecule has 0 radical (unpaired) electrons. The Kier molecular flexibility index (Phi) is 3.36. The highest BCUT2D eigenvalue weighted by molar-refractivity contribution is 7.88. The quantitative estimate of drug-likeness (QED) is 0.854. The molecule has 0 saturated carbocycles. The van der Waals surface area contributed by atoms with Crippen LogP contribution in [0.25, 0.3) is 0 Å². The standard InChI is InChI=1S/C8H10ClNO3S/c1-13-8-3-2-6(4-7(8)9)5-14(10,11)12/h2-4H,5H2,1H3,(H2,10,11,12). The van der Waals surface area contributed by atoms with Crippen LogP contribution in [-0.4, -0.2) is 15.5 Å². The first-order valence-corrected chi connectivity index (χ1v) is 5.84. The lowest BCUT2D eigenvalue weighted by Crippen LogP contribution is -2.14. The minimum atomic E-state index is -3.51. The van der Waals surface area contributed by atoms with Crippen LogP contribution in [0.4, 0.5) is 0 Å². The van der Waals surface area contributed by atoms with E-state index < -0.39 is 10.0 Å². The summed E-state index contributed by atoms with van der Waals surface area (Å²) in [6, 6.07) is 4.72. The average Bonchev–Trinajstić information content (AvgIpc) is 2.01. The van der Waals surface area contributed by atoms with Gasteiger partial charge in [0, 0.05) is 0 Å². The first kappa shape index (κ1) is 11.3. The molecule has 78 valence electrons. The van der Waals surface area contributed by atoms with E-state index in [1.165, 1.54) is 13.2 Å². The number of halogens is 1. The zero-order chi connectivity index (χ0) is 10.8. The van der Waals surface area contributed by atoms with Gasteiger partial charge < -0.3 is 4.74 Å². The van der Waals surface area contributed by atoms with E-state index in [4.69, 9.17) is 21.5 Å². The molecule has 0 aromatic heterocycles. The Balaban J connectivity index is 2.98. The molecule has 14 heavy (non-hydrogen) atoms. The fraction of sp³-hybridized carbons (Fsp3) is 0.250. The third kappa shape index (κ3) is 3.17. The molecule has 1 aromatic carbocycles. The molecule has 0 fully saturated rings. The summed E-state index contributed by atoms with van der Waals surface area (Å²) in [5.74, 6) is 0.279. The second-order valence-corrected chi connectivity index (χ2v) is 4.80. The minimum Gasteiger partial charge on any atom is -0.495 e. The van der Waals surface area contributed by atoms with Crippen molar-refractivity contribution in [1.82, 2.24) is 0 Å². The first-order chi connectivity index (χ1) is 6.42. The molecule has 2 N–H and O–H groups in total. The van der Waals surface area contributed by atoms with Gasteiger partial charge in [0.15, 0.2) is 0 Å². The summed E-state index contributed by atoms with van der Waals surface area (Å²) in [6.07, 6.45) is 0. The van der Waals surface area contributed by atoms with Crippen molar-refractivity contribution < 1.29 is 13.2 Å². The molecule has 0 atom stereocenters. The number of hydrogen-bond acceptors (Lipinski definition) is 3. The molecular formula is C8H10ClNO3S. The Morgan fingerprint density at radius 2 is 2.14 bits per heavy atom. The van der Waals surface area contributed by atoms with Crippen molar-refractivity contribution in [2.75, 3.05) is 7.11 Å². The maximum atomic E-state index is 10.8. The minimum absolute atomic E-state index is 0.225. The van der Waals surface area contributed by atoms with Crippen molar-refractivity contribution in [3.05, 3.63) is 28.8 Å². The lowest BCUT2D eigenvalue weighted by molar-refractivity contribution is 0.415. The molecule has 0 saturated heterocycles. The van der Waals surface area contributed by atoms with Gasteiger partial charge in [0.25, 0.3) is 0 Å². The fourth-order valence-corrected chi connectivity index (χ4v) is 1.96. The van der Waals surface area contributed by atoms with Crippen LogP contribution < -0.4 is 9.88 Å². The maximum absolute atomic E-state index is 10.8. The van der Waals surface area contributed by atoms with Crippen LogP contribution >= 0.6 is 11.6 Å². The number of methoxy groups -OCH3 is 1. The van der Waals surface area contributed by atoms with Crippen molar-refractivity contribution in [1.29, 1.82) is 0 Å². The van der Waals surface area contributed by atoms with E-state index in [-0.39, 0.29) is 5.75 Å². The Bertz CT molecular complexity index is 430. The second kappa shape index (κ2) is 4.16. The number of benzene rings is 1. The van der Waals surface area contributed by atoms with Crippen molar-refractivity contribution in [2.45, 2.75) is 5.75 Å². The van der Waals surface area contributed by atoms with Gasteiger partial charge in [-0.1, -0.05) is 17.7 Å². The van der Waals surface area contributed by atoms with Crippen molar-refractivity contribution >= 4 is 21.6 Å². The summed E-state index contributed by atoms with van der Waals surface area (Å²) in [6.45, 7) is 0. The van der Waals surface area contributed by atoms with Crippen LogP contribution in [0.3, 0.4) is 0 Å². The van der Waals surface area contributed by atoms with Gasteiger partial charge in [0.2, 0.25) is 10.0 Å². The molecule has 6 heteroatoms. The Morgan fingerprint density at radius 1 is 1.50 bits per heavy atom. The molecule has 0 heterocycles. The lowest BCUT2D eigenvalue weighted by atomic mass is 10.2. The summed E-state index contributed by atoms with van der Waals surface area (Å²) in [4.78, 5) is 0. The molecule has 0 unspecified atom stereocenters. The molecule has 0 spiro atoms.